The molecule has 0 heterocycles. The molecule has 90 valence electrons. The van der Waals surface area contributed by atoms with Crippen LogP contribution in [0.2, 0.25) is 0 Å². The smallest absolute Gasteiger partial charge is 0.276 e. The predicted molar refractivity (Wildman–Crippen MR) is 60.9 cm³/mol. The molecule has 7 heteroatoms. The summed E-state index contributed by atoms with van der Waals surface area (Å²) in [5.41, 5.74) is 0. The highest BCUT2D eigenvalue weighted by atomic mass is 32.2. The molecule has 0 spiro atoms. The summed E-state index contributed by atoms with van der Waals surface area (Å²) < 4.78 is 42.8. The van der Waals surface area contributed by atoms with Crippen LogP contribution in [0.15, 0.2) is 0 Å². The van der Waals surface area contributed by atoms with E-state index >= 15 is 0 Å². The minimum atomic E-state index is -3.91. The van der Waals surface area contributed by atoms with Gasteiger partial charge in [-0.2, -0.15) is 8.42 Å². The van der Waals surface area contributed by atoms with E-state index in [1.165, 1.54) is 7.11 Å². The second kappa shape index (κ2) is 7.89. The van der Waals surface area contributed by atoms with Crippen molar-refractivity contribution in [3.05, 3.63) is 0 Å². The summed E-state index contributed by atoms with van der Waals surface area (Å²) in [6.45, 7) is 3.66. The van der Waals surface area contributed by atoms with Crippen LogP contribution in [0.25, 0.3) is 0 Å². The molecule has 15 heavy (non-hydrogen) atoms. The van der Waals surface area contributed by atoms with Crippen molar-refractivity contribution in [2.75, 3.05) is 25.7 Å². The minimum absolute atomic E-state index is 0.604. The van der Waals surface area contributed by atoms with Crippen LogP contribution in [0, 0.1) is 12.3 Å². The molecular formula is C8H17O5PS. The first-order chi connectivity index (χ1) is 6.68. The van der Waals surface area contributed by atoms with E-state index in [0.29, 0.717) is 6.16 Å². The fourth-order valence-corrected chi connectivity index (χ4v) is 1.81. The van der Waals surface area contributed by atoms with E-state index in [4.69, 9.17) is 9.08 Å². The Morgan fingerprint density at radius 1 is 1.53 bits per heavy atom. The first-order valence-corrected chi connectivity index (χ1v) is 8.06. The Bertz CT molecular complexity index is 341. The van der Waals surface area contributed by atoms with E-state index in [1.54, 1.807) is 12.6 Å². The molecule has 0 saturated heterocycles. The van der Waals surface area contributed by atoms with Gasteiger partial charge in [0, 0.05) is 19.9 Å². The number of hydrogen-bond donors (Lipinski definition) is 1. The Balaban J connectivity index is 0. The van der Waals surface area contributed by atoms with Gasteiger partial charge in [0.05, 0.1) is 0 Å². The average Bonchev–Trinajstić information content (AvgIpc) is 2.03. The van der Waals surface area contributed by atoms with Gasteiger partial charge in [-0.1, -0.05) is 12.8 Å². The Morgan fingerprint density at radius 3 is 2.07 bits per heavy atom. The zero-order valence-electron chi connectivity index (χ0n) is 9.13. The summed E-state index contributed by atoms with van der Waals surface area (Å²) >= 11 is 0. The van der Waals surface area contributed by atoms with Gasteiger partial charge in [0.15, 0.2) is 7.37 Å². The second-order valence-electron chi connectivity index (χ2n) is 2.85. The molecule has 0 radical (unpaired) electrons. The van der Waals surface area contributed by atoms with Gasteiger partial charge in [0.25, 0.3) is 10.1 Å². The summed E-state index contributed by atoms with van der Waals surface area (Å²) in [6.07, 6.45) is 6.16. The van der Waals surface area contributed by atoms with Crippen LogP contribution in [0.5, 0.6) is 0 Å². The molecule has 0 rings (SSSR count). The molecule has 1 N–H and O–H groups in total. The average molecular weight is 256 g/mol. The highest BCUT2D eigenvalue weighted by molar-refractivity contribution is 7.86. The van der Waals surface area contributed by atoms with Crippen LogP contribution >= 0.6 is 7.37 Å². The molecule has 0 aliphatic heterocycles. The van der Waals surface area contributed by atoms with E-state index in [-0.39, 0.29) is 0 Å². The van der Waals surface area contributed by atoms with Gasteiger partial charge in [-0.05, 0) is 6.42 Å². The summed E-state index contributed by atoms with van der Waals surface area (Å²) in [7, 11) is -4.59. The molecule has 0 aromatic heterocycles. The van der Waals surface area contributed by atoms with Gasteiger partial charge in [-0.3, -0.25) is 9.12 Å². The lowest BCUT2D eigenvalue weighted by Gasteiger charge is -2.06. The molecule has 0 aromatic carbocycles. The fourth-order valence-electron chi connectivity index (χ4n) is 0.603. The summed E-state index contributed by atoms with van der Waals surface area (Å²) in [5.74, 6) is 1.17. The van der Waals surface area contributed by atoms with Gasteiger partial charge in [-0.25, -0.2) is 0 Å². The van der Waals surface area contributed by atoms with Crippen molar-refractivity contribution in [2.24, 2.45) is 0 Å². The third kappa shape index (κ3) is 16.3. The topological polar surface area (TPSA) is 80.7 Å². The predicted octanol–water partition coefficient (Wildman–Crippen LogP) is 1.46. The Kier molecular flexibility index (Phi) is 8.98. The normalized spacial score (nSPS) is 14.3. The SMILES string of the molecule is C#CCS(=O)(=O)O.CCCP(C)(=O)OC. The van der Waals surface area contributed by atoms with Gasteiger partial charge in [-0.15, -0.1) is 6.42 Å². The fraction of sp³-hybridized carbons (Fsp3) is 0.750. The van der Waals surface area contributed by atoms with Crippen LogP contribution in [-0.2, 0) is 19.2 Å². The third-order valence-electron chi connectivity index (χ3n) is 1.28. The molecule has 0 aliphatic carbocycles. The lowest BCUT2D eigenvalue weighted by Crippen LogP contribution is -1.99. The van der Waals surface area contributed by atoms with Gasteiger partial charge >= 0.3 is 0 Å². The van der Waals surface area contributed by atoms with E-state index < -0.39 is 23.2 Å². The monoisotopic (exact) mass is 256 g/mol. The van der Waals surface area contributed by atoms with Crippen LogP contribution in [0.4, 0.5) is 0 Å². The van der Waals surface area contributed by atoms with Crippen molar-refractivity contribution in [2.45, 2.75) is 13.3 Å². The summed E-state index contributed by atoms with van der Waals surface area (Å²) in [4.78, 5) is 0. The Hall–Kier alpha value is -0.340. The van der Waals surface area contributed by atoms with Crippen LogP contribution in [-0.4, -0.2) is 38.7 Å². The lowest BCUT2D eigenvalue weighted by molar-refractivity contribution is 0.398. The Morgan fingerprint density at radius 2 is 2.00 bits per heavy atom. The molecule has 0 aromatic rings. The molecule has 0 aliphatic rings. The molecule has 0 amide bonds. The maximum absolute atomic E-state index is 11.0. The molecule has 1 atom stereocenters. The molecule has 0 saturated carbocycles. The van der Waals surface area contributed by atoms with Crippen LogP contribution in [0.3, 0.4) is 0 Å². The number of hydrogen-bond acceptors (Lipinski definition) is 4. The molecular weight excluding hydrogens is 239 g/mol. The molecule has 5 nitrogen and oxygen atoms in total. The maximum atomic E-state index is 11.0. The first-order valence-electron chi connectivity index (χ1n) is 4.19. The number of terminal acetylenes is 1. The quantitative estimate of drug-likeness (QED) is 0.468. The molecule has 1 unspecified atom stereocenters. The standard InChI is InChI=1S/C5H13O2P.C3H4O3S/c1-4-5-8(3,6)7-2;1-2-3-7(4,5)6/h4-5H2,1-3H3;1H,3H2,(H,4,5,6). The van der Waals surface area contributed by atoms with Crippen LogP contribution < -0.4 is 0 Å². The zero-order chi connectivity index (χ0) is 12.5. The summed E-state index contributed by atoms with van der Waals surface area (Å²) in [6, 6.07) is 0. The maximum Gasteiger partial charge on any atom is 0.276 e. The third-order valence-corrected chi connectivity index (χ3v) is 3.85. The van der Waals surface area contributed by atoms with Gasteiger partial charge in [0.1, 0.15) is 5.75 Å². The van der Waals surface area contributed by atoms with Crippen molar-refractivity contribution >= 4 is 17.5 Å². The van der Waals surface area contributed by atoms with Gasteiger partial charge < -0.3 is 4.52 Å². The van der Waals surface area contributed by atoms with E-state index in [0.717, 1.165) is 6.42 Å². The second-order valence-corrected chi connectivity index (χ2v) is 7.14. The Labute approximate surface area is 91.4 Å². The largest absolute Gasteiger partial charge is 0.332 e. The van der Waals surface area contributed by atoms with E-state index in [1.807, 2.05) is 6.92 Å². The number of rotatable bonds is 4. The van der Waals surface area contributed by atoms with Crippen LogP contribution in [0.1, 0.15) is 13.3 Å². The zero-order valence-corrected chi connectivity index (χ0v) is 10.8. The van der Waals surface area contributed by atoms with E-state index in [2.05, 4.69) is 6.42 Å². The molecule has 0 fully saturated rings. The highest BCUT2D eigenvalue weighted by Gasteiger charge is 2.09. The van der Waals surface area contributed by atoms with Crippen molar-refractivity contribution in [3.8, 4) is 12.3 Å². The first kappa shape index (κ1) is 17.1. The highest BCUT2D eigenvalue weighted by Crippen LogP contribution is 2.41. The lowest BCUT2D eigenvalue weighted by atomic mass is 10.6. The van der Waals surface area contributed by atoms with E-state index in [9.17, 15) is 13.0 Å². The van der Waals surface area contributed by atoms with Crippen molar-refractivity contribution in [1.82, 2.24) is 0 Å². The minimum Gasteiger partial charge on any atom is -0.332 e. The molecule has 0 bridgehead atoms. The van der Waals surface area contributed by atoms with Crippen molar-refractivity contribution < 1.29 is 22.1 Å². The summed E-state index contributed by atoms with van der Waals surface area (Å²) in [5, 5.41) is 0. The van der Waals surface area contributed by atoms with Gasteiger partial charge in [0.2, 0.25) is 0 Å². The van der Waals surface area contributed by atoms with Crippen molar-refractivity contribution in [3.63, 3.8) is 0 Å². The van der Waals surface area contributed by atoms with Crippen molar-refractivity contribution in [1.29, 1.82) is 0 Å².